The number of carbonyl (C=O) groups is 2. The van der Waals surface area contributed by atoms with Gasteiger partial charge in [0.2, 0.25) is 5.91 Å². The molecule has 2 aromatic heterocycles. The van der Waals surface area contributed by atoms with Crippen LogP contribution in [0.25, 0.3) is 0 Å². The van der Waals surface area contributed by atoms with E-state index in [1.165, 1.54) is 17.0 Å². The van der Waals surface area contributed by atoms with Gasteiger partial charge in [-0.2, -0.15) is 0 Å². The van der Waals surface area contributed by atoms with E-state index in [1.54, 1.807) is 41.9 Å². The van der Waals surface area contributed by atoms with Gasteiger partial charge in [-0.25, -0.2) is 4.39 Å². The standard InChI is InChI=1S/C22H22FN5O2S/c23-16-10-8-15(9-11-16)13-28(22(30)19-14-31-27-26-19)20(18-7-3-4-12-24-18)21(29)25-17-5-1-2-6-17/h3-4,7-12,14,17,20H,1-2,5-6,13H2,(H,25,29)/t20-/m0/s1. The van der Waals surface area contributed by atoms with Crippen LogP contribution < -0.4 is 5.32 Å². The highest BCUT2D eigenvalue weighted by atomic mass is 32.1. The molecule has 4 rings (SSSR count). The molecule has 3 aromatic rings. The summed E-state index contributed by atoms with van der Waals surface area (Å²) in [4.78, 5) is 32.6. The highest BCUT2D eigenvalue weighted by molar-refractivity contribution is 7.03. The van der Waals surface area contributed by atoms with Gasteiger partial charge in [0.15, 0.2) is 11.7 Å². The molecule has 1 atom stereocenters. The lowest BCUT2D eigenvalue weighted by atomic mass is 10.1. The number of nitrogens with one attached hydrogen (secondary N) is 1. The van der Waals surface area contributed by atoms with E-state index >= 15 is 0 Å². The number of pyridine rings is 1. The quantitative estimate of drug-likeness (QED) is 0.609. The second-order valence-corrected chi connectivity index (χ2v) is 8.11. The molecule has 0 aliphatic heterocycles. The predicted octanol–water partition coefficient (Wildman–Crippen LogP) is 3.51. The highest BCUT2D eigenvalue weighted by Gasteiger charge is 2.35. The first kappa shape index (κ1) is 21.0. The number of carbonyl (C=O) groups excluding carboxylic acids is 2. The topological polar surface area (TPSA) is 88.1 Å². The smallest absolute Gasteiger partial charge is 0.276 e. The van der Waals surface area contributed by atoms with Crippen LogP contribution in [0.4, 0.5) is 4.39 Å². The SMILES string of the molecule is O=C(NC1CCCC1)[C@H](c1ccccn1)N(Cc1ccc(F)cc1)C(=O)c1csnn1. The van der Waals surface area contributed by atoms with Gasteiger partial charge in [-0.1, -0.05) is 35.5 Å². The number of nitrogens with zero attached hydrogens (tertiary/aromatic N) is 4. The van der Waals surface area contributed by atoms with Gasteiger partial charge in [-0.05, 0) is 54.2 Å². The Balaban J connectivity index is 1.71. The third-order valence-electron chi connectivity index (χ3n) is 5.34. The predicted molar refractivity (Wildman–Crippen MR) is 114 cm³/mol. The van der Waals surface area contributed by atoms with Crippen LogP contribution >= 0.6 is 11.5 Å². The summed E-state index contributed by atoms with van der Waals surface area (Å²) in [6.45, 7) is 0.0932. The number of halogens is 1. The number of hydrogen-bond acceptors (Lipinski definition) is 6. The molecule has 0 spiro atoms. The lowest BCUT2D eigenvalue weighted by molar-refractivity contribution is -0.127. The molecule has 0 unspecified atom stereocenters. The van der Waals surface area contributed by atoms with E-state index in [9.17, 15) is 14.0 Å². The first-order valence-electron chi connectivity index (χ1n) is 10.2. The van der Waals surface area contributed by atoms with Crippen molar-refractivity contribution in [1.82, 2.24) is 24.8 Å². The Morgan fingerprint density at radius 2 is 1.94 bits per heavy atom. The van der Waals surface area contributed by atoms with Crippen LogP contribution in [0.2, 0.25) is 0 Å². The van der Waals surface area contributed by atoms with Crippen molar-refractivity contribution >= 4 is 23.3 Å². The molecule has 1 aromatic carbocycles. The van der Waals surface area contributed by atoms with Crippen molar-refractivity contribution in [2.45, 2.75) is 44.3 Å². The summed E-state index contributed by atoms with van der Waals surface area (Å²) < 4.78 is 17.2. The van der Waals surface area contributed by atoms with Crippen molar-refractivity contribution < 1.29 is 14.0 Å². The van der Waals surface area contributed by atoms with Gasteiger partial charge in [0.05, 0.1) is 5.69 Å². The number of rotatable bonds is 7. The van der Waals surface area contributed by atoms with Gasteiger partial charge in [-0.3, -0.25) is 14.6 Å². The highest BCUT2D eigenvalue weighted by Crippen LogP contribution is 2.26. The van der Waals surface area contributed by atoms with Gasteiger partial charge < -0.3 is 10.2 Å². The van der Waals surface area contributed by atoms with Crippen molar-refractivity contribution in [1.29, 1.82) is 0 Å². The molecule has 1 N–H and O–H groups in total. The molecule has 1 aliphatic carbocycles. The minimum absolute atomic E-state index is 0.0856. The van der Waals surface area contributed by atoms with Gasteiger partial charge in [0, 0.05) is 24.2 Å². The third-order valence-corrected chi connectivity index (χ3v) is 5.84. The van der Waals surface area contributed by atoms with E-state index < -0.39 is 11.9 Å². The van der Waals surface area contributed by atoms with Crippen molar-refractivity contribution in [3.63, 3.8) is 0 Å². The Bertz CT molecular complexity index is 1010. The van der Waals surface area contributed by atoms with Crippen LogP contribution in [0.1, 0.15) is 53.5 Å². The van der Waals surface area contributed by atoms with E-state index in [4.69, 9.17) is 0 Å². The molecule has 2 heterocycles. The fourth-order valence-corrected chi connectivity index (χ4v) is 4.23. The van der Waals surface area contributed by atoms with Gasteiger partial charge in [-0.15, -0.1) is 5.10 Å². The lowest BCUT2D eigenvalue weighted by Crippen LogP contribution is -2.46. The van der Waals surface area contributed by atoms with Gasteiger partial charge in [0.1, 0.15) is 5.82 Å². The summed E-state index contributed by atoms with van der Waals surface area (Å²) in [7, 11) is 0. The van der Waals surface area contributed by atoms with E-state index in [0.717, 1.165) is 37.2 Å². The fraction of sp³-hybridized carbons (Fsp3) is 0.318. The van der Waals surface area contributed by atoms with Crippen LogP contribution in [0.15, 0.2) is 54.0 Å². The average Bonchev–Trinajstić information content (AvgIpc) is 3.49. The molecular formula is C22H22FN5O2S. The molecule has 9 heteroatoms. The molecule has 2 amide bonds. The second-order valence-electron chi connectivity index (χ2n) is 7.50. The minimum Gasteiger partial charge on any atom is -0.351 e. The monoisotopic (exact) mass is 439 g/mol. The summed E-state index contributed by atoms with van der Waals surface area (Å²) in [6, 6.07) is 10.2. The maximum atomic E-state index is 13.4. The first-order valence-corrected chi connectivity index (χ1v) is 11.0. The zero-order chi connectivity index (χ0) is 21.6. The average molecular weight is 440 g/mol. The molecular weight excluding hydrogens is 417 g/mol. The van der Waals surface area contributed by atoms with Crippen LogP contribution in [-0.2, 0) is 11.3 Å². The largest absolute Gasteiger partial charge is 0.351 e. The zero-order valence-corrected chi connectivity index (χ0v) is 17.6. The Kier molecular flexibility index (Phi) is 6.61. The van der Waals surface area contributed by atoms with Gasteiger partial charge >= 0.3 is 0 Å². The second kappa shape index (κ2) is 9.74. The van der Waals surface area contributed by atoms with Crippen LogP contribution in [-0.4, -0.2) is 37.3 Å². The van der Waals surface area contributed by atoms with Crippen LogP contribution in [0.3, 0.4) is 0 Å². The van der Waals surface area contributed by atoms with Crippen molar-refractivity contribution in [3.8, 4) is 0 Å². The molecule has 0 saturated heterocycles. The number of aromatic nitrogens is 3. The van der Waals surface area contributed by atoms with Crippen molar-refractivity contribution in [3.05, 3.63) is 76.8 Å². The number of amides is 2. The first-order chi connectivity index (χ1) is 15.1. The Hall–Kier alpha value is -3.20. The number of hydrogen-bond donors (Lipinski definition) is 1. The fourth-order valence-electron chi connectivity index (χ4n) is 3.80. The minimum atomic E-state index is -0.957. The zero-order valence-electron chi connectivity index (χ0n) is 16.8. The Labute approximate surface area is 183 Å². The van der Waals surface area contributed by atoms with Crippen molar-refractivity contribution in [2.75, 3.05) is 0 Å². The summed E-state index contributed by atoms with van der Waals surface area (Å²) in [5, 5.41) is 8.53. The summed E-state index contributed by atoms with van der Waals surface area (Å²) in [5.41, 5.74) is 1.30. The molecule has 1 saturated carbocycles. The summed E-state index contributed by atoms with van der Waals surface area (Å²) in [6.07, 6.45) is 5.57. The Morgan fingerprint density at radius 3 is 2.58 bits per heavy atom. The lowest BCUT2D eigenvalue weighted by Gasteiger charge is -2.31. The summed E-state index contributed by atoms with van der Waals surface area (Å²) >= 11 is 1.06. The van der Waals surface area contributed by atoms with E-state index in [0.29, 0.717) is 11.3 Å². The molecule has 31 heavy (non-hydrogen) atoms. The molecule has 1 aliphatic rings. The van der Waals surface area contributed by atoms with Crippen LogP contribution in [0.5, 0.6) is 0 Å². The molecule has 1 fully saturated rings. The normalized spacial score (nSPS) is 14.9. The van der Waals surface area contributed by atoms with E-state index in [1.807, 2.05) is 0 Å². The Morgan fingerprint density at radius 1 is 1.16 bits per heavy atom. The van der Waals surface area contributed by atoms with Crippen molar-refractivity contribution in [2.24, 2.45) is 0 Å². The van der Waals surface area contributed by atoms with E-state index in [-0.39, 0.29) is 30.0 Å². The molecule has 0 bridgehead atoms. The van der Waals surface area contributed by atoms with E-state index in [2.05, 4.69) is 19.9 Å². The summed E-state index contributed by atoms with van der Waals surface area (Å²) in [5.74, 6) is -1.09. The molecule has 160 valence electrons. The van der Waals surface area contributed by atoms with Gasteiger partial charge in [0.25, 0.3) is 5.91 Å². The molecule has 0 radical (unpaired) electrons. The third kappa shape index (κ3) is 5.11. The maximum absolute atomic E-state index is 13.4. The number of benzene rings is 1. The molecule has 7 nitrogen and oxygen atoms in total. The van der Waals surface area contributed by atoms with Crippen LogP contribution in [0, 0.1) is 5.82 Å². The maximum Gasteiger partial charge on any atom is 0.276 e.